The fourth-order valence-corrected chi connectivity index (χ4v) is 3.11. The Labute approximate surface area is 119 Å². The number of rotatable bonds is 6. The highest BCUT2D eigenvalue weighted by Gasteiger charge is 2.23. The van der Waals surface area contributed by atoms with Gasteiger partial charge < -0.3 is 10.5 Å². The van der Waals surface area contributed by atoms with Crippen molar-refractivity contribution in [1.29, 1.82) is 0 Å². The summed E-state index contributed by atoms with van der Waals surface area (Å²) < 4.78 is 30.6. The smallest absolute Gasteiger partial charge is 0.307 e. The van der Waals surface area contributed by atoms with Crippen molar-refractivity contribution in [2.75, 3.05) is 25.9 Å². The van der Waals surface area contributed by atoms with Crippen molar-refractivity contribution in [3.05, 3.63) is 23.8 Å². The van der Waals surface area contributed by atoms with E-state index in [1.54, 1.807) is 26.0 Å². The minimum Gasteiger partial charge on any atom is -0.466 e. The minimum absolute atomic E-state index is 0.0254. The van der Waals surface area contributed by atoms with E-state index in [1.807, 2.05) is 0 Å². The van der Waals surface area contributed by atoms with Gasteiger partial charge in [0, 0.05) is 19.3 Å². The van der Waals surface area contributed by atoms with Gasteiger partial charge in [-0.3, -0.25) is 4.79 Å². The zero-order valence-corrected chi connectivity index (χ0v) is 12.7. The van der Waals surface area contributed by atoms with Crippen LogP contribution in [-0.2, 0) is 19.6 Å². The topological polar surface area (TPSA) is 89.7 Å². The van der Waals surface area contributed by atoms with Crippen LogP contribution >= 0.6 is 0 Å². The van der Waals surface area contributed by atoms with Gasteiger partial charge in [0.2, 0.25) is 10.0 Å². The summed E-state index contributed by atoms with van der Waals surface area (Å²) in [7, 11) is -2.19. The Morgan fingerprint density at radius 2 is 2.05 bits per heavy atom. The van der Waals surface area contributed by atoms with Crippen molar-refractivity contribution in [2.45, 2.75) is 25.2 Å². The Kier molecular flexibility index (Phi) is 5.52. The second kappa shape index (κ2) is 6.71. The number of hydrogen-bond donors (Lipinski definition) is 1. The second-order valence-electron chi connectivity index (χ2n) is 4.41. The van der Waals surface area contributed by atoms with E-state index in [2.05, 4.69) is 0 Å². The molecule has 0 spiro atoms. The first-order chi connectivity index (χ1) is 9.28. The number of nitrogen functional groups attached to an aromatic ring is 1. The van der Waals surface area contributed by atoms with Gasteiger partial charge in [0.15, 0.2) is 0 Å². The molecule has 0 saturated carbocycles. The molecule has 20 heavy (non-hydrogen) atoms. The summed E-state index contributed by atoms with van der Waals surface area (Å²) in [4.78, 5) is 11.5. The summed E-state index contributed by atoms with van der Waals surface area (Å²) in [5.74, 6) is -0.413. The van der Waals surface area contributed by atoms with Gasteiger partial charge in [0.25, 0.3) is 0 Å². The van der Waals surface area contributed by atoms with Crippen molar-refractivity contribution >= 4 is 21.7 Å². The molecule has 0 atom stereocenters. The molecule has 6 nitrogen and oxygen atoms in total. The number of carbonyl (C=O) groups excluding carboxylic acids is 1. The first kappa shape index (κ1) is 16.5. The van der Waals surface area contributed by atoms with E-state index in [9.17, 15) is 13.2 Å². The van der Waals surface area contributed by atoms with E-state index in [0.29, 0.717) is 11.3 Å². The summed E-state index contributed by atoms with van der Waals surface area (Å²) >= 11 is 0. The molecule has 1 rings (SSSR count). The fraction of sp³-hybridized carbons (Fsp3) is 0.462. The van der Waals surface area contributed by atoms with Crippen molar-refractivity contribution in [1.82, 2.24) is 4.31 Å². The monoisotopic (exact) mass is 300 g/mol. The van der Waals surface area contributed by atoms with Crippen LogP contribution in [-0.4, -0.2) is 38.9 Å². The first-order valence-corrected chi connectivity index (χ1v) is 7.71. The lowest BCUT2D eigenvalue weighted by Gasteiger charge is -2.18. The van der Waals surface area contributed by atoms with E-state index in [1.165, 1.54) is 13.1 Å². The molecule has 0 aromatic heterocycles. The maximum atomic E-state index is 12.4. The molecule has 0 radical (unpaired) electrons. The molecular weight excluding hydrogens is 280 g/mol. The lowest BCUT2D eigenvalue weighted by Crippen LogP contribution is -2.30. The van der Waals surface area contributed by atoms with Crippen LogP contribution < -0.4 is 5.73 Å². The summed E-state index contributed by atoms with van der Waals surface area (Å²) in [5, 5.41) is 0. The maximum absolute atomic E-state index is 12.4. The quantitative estimate of drug-likeness (QED) is 0.629. The number of anilines is 1. The SMILES string of the molecule is CCOC(=O)CCN(C)S(=O)(=O)c1ccc(N)cc1C. The Hall–Kier alpha value is -1.60. The highest BCUT2D eigenvalue weighted by atomic mass is 32.2. The Balaban J connectivity index is 2.85. The number of aryl methyl sites for hydroxylation is 1. The third-order valence-corrected chi connectivity index (χ3v) is 4.84. The molecule has 0 aliphatic rings. The third kappa shape index (κ3) is 3.94. The molecule has 0 unspecified atom stereocenters. The van der Waals surface area contributed by atoms with Crippen LogP contribution in [0, 0.1) is 6.92 Å². The number of ether oxygens (including phenoxy) is 1. The summed E-state index contributed by atoms with van der Waals surface area (Å²) in [6, 6.07) is 4.62. The molecule has 1 aromatic carbocycles. The normalized spacial score (nSPS) is 11.6. The van der Waals surface area contributed by atoms with Crippen LogP contribution in [0.5, 0.6) is 0 Å². The molecule has 0 saturated heterocycles. The molecule has 0 amide bonds. The van der Waals surface area contributed by atoms with E-state index >= 15 is 0 Å². The van der Waals surface area contributed by atoms with Crippen LogP contribution in [0.1, 0.15) is 18.9 Å². The van der Waals surface area contributed by atoms with Crippen LogP contribution in [0.4, 0.5) is 5.69 Å². The Bertz CT molecular complexity index is 584. The van der Waals surface area contributed by atoms with Gasteiger partial charge in [-0.25, -0.2) is 12.7 Å². The van der Waals surface area contributed by atoms with Gasteiger partial charge in [-0.15, -0.1) is 0 Å². The summed E-state index contributed by atoms with van der Waals surface area (Å²) in [6.07, 6.45) is 0.0254. The summed E-state index contributed by atoms with van der Waals surface area (Å²) in [6.45, 7) is 3.75. The number of sulfonamides is 1. The predicted octanol–water partition coefficient (Wildman–Crippen LogP) is 1.15. The van der Waals surface area contributed by atoms with E-state index < -0.39 is 16.0 Å². The zero-order chi connectivity index (χ0) is 15.3. The van der Waals surface area contributed by atoms with Crippen molar-refractivity contribution in [3.63, 3.8) is 0 Å². The highest BCUT2D eigenvalue weighted by molar-refractivity contribution is 7.89. The van der Waals surface area contributed by atoms with E-state index in [-0.39, 0.29) is 24.5 Å². The van der Waals surface area contributed by atoms with Crippen LogP contribution in [0.15, 0.2) is 23.1 Å². The largest absolute Gasteiger partial charge is 0.466 e. The van der Waals surface area contributed by atoms with Gasteiger partial charge in [0.1, 0.15) is 0 Å². The molecule has 2 N–H and O–H groups in total. The van der Waals surface area contributed by atoms with Crippen LogP contribution in [0.3, 0.4) is 0 Å². The third-order valence-electron chi connectivity index (χ3n) is 2.82. The molecule has 0 fully saturated rings. The van der Waals surface area contributed by atoms with Gasteiger partial charge in [-0.05, 0) is 37.6 Å². The maximum Gasteiger partial charge on any atom is 0.307 e. The molecule has 7 heteroatoms. The first-order valence-electron chi connectivity index (χ1n) is 6.27. The van der Waals surface area contributed by atoms with Crippen molar-refractivity contribution < 1.29 is 17.9 Å². The Morgan fingerprint density at radius 3 is 2.60 bits per heavy atom. The molecule has 112 valence electrons. The molecule has 0 bridgehead atoms. The number of esters is 1. The van der Waals surface area contributed by atoms with Gasteiger partial charge >= 0.3 is 5.97 Å². The molecule has 0 aliphatic heterocycles. The van der Waals surface area contributed by atoms with Gasteiger partial charge in [-0.2, -0.15) is 0 Å². The van der Waals surface area contributed by atoms with Crippen LogP contribution in [0.2, 0.25) is 0 Å². The highest BCUT2D eigenvalue weighted by Crippen LogP contribution is 2.21. The predicted molar refractivity (Wildman–Crippen MR) is 76.7 cm³/mol. The number of carbonyl (C=O) groups is 1. The zero-order valence-electron chi connectivity index (χ0n) is 11.9. The number of nitrogens with two attached hydrogens (primary N) is 1. The summed E-state index contributed by atoms with van der Waals surface area (Å²) in [5.41, 5.74) is 6.70. The second-order valence-corrected chi connectivity index (χ2v) is 6.42. The van der Waals surface area contributed by atoms with Crippen molar-refractivity contribution in [2.24, 2.45) is 0 Å². The molecule has 0 heterocycles. The molecule has 1 aromatic rings. The lowest BCUT2D eigenvalue weighted by molar-refractivity contribution is -0.143. The lowest BCUT2D eigenvalue weighted by atomic mass is 10.2. The van der Waals surface area contributed by atoms with Gasteiger partial charge in [-0.1, -0.05) is 0 Å². The fourth-order valence-electron chi connectivity index (χ4n) is 1.73. The number of benzene rings is 1. The Morgan fingerprint density at radius 1 is 1.40 bits per heavy atom. The standard InChI is InChI=1S/C13H20N2O4S/c1-4-19-13(16)7-8-15(3)20(17,18)12-6-5-11(14)9-10(12)2/h5-6,9H,4,7-8,14H2,1-3H3. The van der Waals surface area contributed by atoms with Gasteiger partial charge in [0.05, 0.1) is 17.9 Å². The molecular formula is C13H20N2O4S. The van der Waals surface area contributed by atoms with Crippen LogP contribution in [0.25, 0.3) is 0 Å². The minimum atomic E-state index is -3.63. The number of nitrogens with zero attached hydrogens (tertiary/aromatic N) is 1. The van der Waals surface area contributed by atoms with E-state index in [4.69, 9.17) is 10.5 Å². The average Bonchev–Trinajstić information content (AvgIpc) is 2.35. The molecule has 0 aliphatic carbocycles. The van der Waals surface area contributed by atoms with Crippen molar-refractivity contribution in [3.8, 4) is 0 Å². The average molecular weight is 300 g/mol. The van der Waals surface area contributed by atoms with E-state index in [0.717, 1.165) is 4.31 Å². The number of hydrogen-bond acceptors (Lipinski definition) is 5.